The molecule has 2 aliphatic heterocycles. The smallest absolute Gasteiger partial charge is 0.191 e. The molecule has 2 aliphatic rings. The molecule has 1 fully saturated rings. The summed E-state index contributed by atoms with van der Waals surface area (Å²) in [6.45, 7) is 6.49. The molecule has 2 N–H and O–H groups in total. The van der Waals surface area contributed by atoms with Gasteiger partial charge in [0.05, 0.1) is 5.00 Å². The molecule has 4 heterocycles. The number of fused-ring (bicyclic) bond motifs is 1. The predicted molar refractivity (Wildman–Crippen MR) is 133 cm³/mol. The summed E-state index contributed by atoms with van der Waals surface area (Å²) < 4.78 is 0. The average molecular weight is 532 g/mol. The van der Waals surface area contributed by atoms with E-state index in [9.17, 15) is 0 Å². The first-order valence-electron chi connectivity index (χ1n) is 9.85. The summed E-state index contributed by atoms with van der Waals surface area (Å²) in [6.07, 6.45) is 3.51. The van der Waals surface area contributed by atoms with Gasteiger partial charge in [-0.3, -0.25) is 9.89 Å². The molecule has 2 aromatic heterocycles. The zero-order chi connectivity index (χ0) is 18.5. The molecule has 8 heteroatoms. The van der Waals surface area contributed by atoms with E-state index in [0.717, 1.165) is 51.5 Å². The number of nitrogens with one attached hydrogen (secondary N) is 2. The molecule has 5 nitrogen and oxygen atoms in total. The molecule has 0 atom stereocenters. The molecule has 28 heavy (non-hydrogen) atoms. The van der Waals surface area contributed by atoms with Gasteiger partial charge in [0.1, 0.15) is 0 Å². The van der Waals surface area contributed by atoms with E-state index in [-0.39, 0.29) is 24.0 Å². The molecule has 154 valence electrons. The minimum atomic E-state index is 0. The van der Waals surface area contributed by atoms with Crippen LogP contribution < -0.4 is 15.5 Å². The van der Waals surface area contributed by atoms with Crippen LogP contribution in [0.25, 0.3) is 0 Å². The van der Waals surface area contributed by atoms with Crippen molar-refractivity contribution in [2.45, 2.75) is 31.8 Å². The van der Waals surface area contributed by atoms with Gasteiger partial charge in [0.2, 0.25) is 0 Å². The standard InChI is InChI=1S/C20H29N5S2.HI/c1-21-20(22-8-12-24-9-6-18-16(15-24)7-14-26-18)23-17-4-10-25(11-5-17)19-3-2-13-27-19;/h2-3,7,13-14,17H,4-6,8-12,15H2,1H3,(H2,21,22,23);1H. The maximum Gasteiger partial charge on any atom is 0.191 e. The second-order valence-corrected chi connectivity index (χ2v) is 9.18. The third-order valence-electron chi connectivity index (χ3n) is 5.48. The molecule has 4 rings (SSSR count). The highest BCUT2D eigenvalue weighted by atomic mass is 127. The number of guanidine groups is 1. The zero-order valence-corrected chi connectivity index (χ0v) is 20.4. The van der Waals surface area contributed by atoms with E-state index in [0.29, 0.717) is 6.04 Å². The van der Waals surface area contributed by atoms with Crippen molar-refractivity contribution in [1.29, 1.82) is 0 Å². The lowest BCUT2D eigenvalue weighted by Crippen LogP contribution is -2.49. The maximum absolute atomic E-state index is 4.43. The second-order valence-electron chi connectivity index (χ2n) is 7.25. The van der Waals surface area contributed by atoms with Crippen LogP contribution >= 0.6 is 46.7 Å². The third kappa shape index (κ3) is 5.61. The van der Waals surface area contributed by atoms with E-state index in [2.05, 4.69) is 54.4 Å². The van der Waals surface area contributed by atoms with Crippen molar-refractivity contribution in [2.75, 3.05) is 44.7 Å². The first-order chi connectivity index (χ1) is 13.3. The highest BCUT2D eigenvalue weighted by Gasteiger charge is 2.21. The van der Waals surface area contributed by atoms with Gasteiger partial charge < -0.3 is 15.5 Å². The molecule has 0 unspecified atom stereocenters. The van der Waals surface area contributed by atoms with E-state index in [1.165, 1.54) is 23.5 Å². The van der Waals surface area contributed by atoms with Crippen molar-refractivity contribution < 1.29 is 0 Å². The minimum absolute atomic E-state index is 0. The van der Waals surface area contributed by atoms with E-state index >= 15 is 0 Å². The lowest BCUT2D eigenvalue weighted by molar-refractivity contribution is 0.260. The predicted octanol–water partition coefficient (Wildman–Crippen LogP) is 3.62. The first kappa shape index (κ1) is 21.9. The lowest BCUT2D eigenvalue weighted by atomic mass is 10.1. The Morgan fingerprint density at radius 3 is 2.79 bits per heavy atom. The van der Waals surface area contributed by atoms with Crippen LogP contribution in [-0.4, -0.2) is 56.7 Å². The average Bonchev–Trinajstić information content (AvgIpc) is 3.39. The minimum Gasteiger partial charge on any atom is -0.363 e. The molecule has 1 saturated heterocycles. The number of aliphatic imine (C=N–C) groups is 1. The molecule has 0 bridgehead atoms. The molecular formula is C20H30IN5S2. The summed E-state index contributed by atoms with van der Waals surface area (Å²) in [5.41, 5.74) is 1.52. The van der Waals surface area contributed by atoms with Crippen molar-refractivity contribution >= 4 is 57.6 Å². The summed E-state index contributed by atoms with van der Waals surface area (Å²) in [5, 5.41) is 12.9. The fraction of sp³-hybridized carbons (Fsp3) is 0.550. The molecule has 0 spiro atoms. The van der Waals surface area contributed by atoms with Crippen LogP contribution in [0.4, 0.5) is 5.00 Å². The second kappa shape index (κ2) is 10.8. The van der Waals surface area contributed by atoms with Crippen LogP contribution in [-0.2, 0) is 13.0 Å². The lowest BCUT2D eigenvalue weighted by Gasteiger charge is -2.33. The Kier molecular flexibility index (Phi) is 8.43. The molecule has 0 aromatic carbocycles. The third-order valence-corrected chi connectivity index (χ3v) is 7.44. The van der Waals surface area contributed by atoms with Crippen molar-refractivity contribution in [3.63, 3.8) is 0 Å². The summed E-state index contributed by atoms with van der Waals surface area (Å²) in [6, 6.07) is 7.15. The van der Waals surface area contributed by atoms with Gasteiger partial charge in [-0.2, -0.15) is 0 Å². The van der Waals surface area contributed by atoms with E-state index < -0.39 is 0 Å². The van der Waals surface area contributed by atoms with Gasteiger partial charge in [0.25, 0.3) is 0 Å². The summed E-state index contributed by atoms with van der Waals surface area (Å²) in [7, 11) is 1.87. The van der Waals surface area contributed by atoms with Gasteiger partial charge in [-0.05, 0) is 53.8 Å². The van der Waals surface area contributed by atoms with Crippen molar-refractivity contribution in [1.82, 2.24) is 15.5 Å². The first-order valence-corrected chi connectivity index (χ1v) is 11.6. The zero-order valence-electron chi connectivity index (χ0n) is 16.4. The van der Waals surface area contributed by atoms with Crippen molar-refractivity contribution in [3.8, 4) is 0 Å². The number of rotatable bonds is 5. The Morgan fingerprint density at radius 1 is 1.18 bits per heavy atom. The van der Waals surface area contributed by atoms with Gasteiger partial charge >= 0.3 is 0 Å². The maximum atomic E-state index is 4.43. The van der Waals surface area contributed by atoms with Crippen LogP contribution in [0.3, 0.4) is 0 Å². The highest BCUT2D eigenvalue weighted by Crippen LogP contribution is 2.25. The number of hydrogen-bond donors (Lipinski definition) is 2. The normalized spacial score (nSPS) is 18.5. The Balaban J connectivity index is 0.00000225. The van der Waals surface area contributed by atoms with Gasteiger partial charge in [-0.15, -0.1) is 46.7 Å². The number of hydrogen-bond acceptors (Lipinski definition) is 5. The van der Waals surface area contributed by atoms with E-state index in [1.54, 1.807) is 4.88 Å². The molecular weight excluding hydrogens is 501 g/mol. The summed E-state index contributed by atoms with van der Waals surface area (Å²) >= 11 is 3.74. The van der Waals surface area contributed by atoms with Crippen molar-refractivity contribution in [2.24, 2.45) is 4.99 Å². The Morgan fingerprint density at radius 2 is 2.04 bits per heavy atom. The monoisotopic (exact) mass is 531 g/mol. The van der Waals surface area contributed by atoms with Gasteiger partial charge in [0.15, 0.2) is 5.96 Å². The number of thiophene rings is 2. The van der Waals surface area contributed by atoms with Gasteiger partial charge in [-0.1, -0.05) is 0 Å². The van der Waals surface area contributed by atoms with E-state index in [1.807, 2.05) is 29.7 Å². The number of nitrogens with zero attached hydrogens (tertiary/aromatic N) is 3. The Hall–Kier alpha value is -0.840. The quantitative estimate of drug-likeness (QED) is 0.352. The largest absolute Gasteiger partial charge is 0.363 e. The van der Waals surface area contributed by atoms with Crippen LogP contribution in [0.5, 0.6) is 0 Å². The van der Waals surface area contributed by atoms with Crippen LogP contribution in [0.1, 0.15) is 23.3 Å². The Bertz CT molecular complexity index is 738. The molecule has 2 aromatic rings. The highest BCUT2D eigenvalue weighted by molar-refractivity contribution is 14.0. The van der Waals surface area contributed by atoms with Gasteiger partial charge in [0, 0.05) is 57.2 Å². The Labute approximate surface area is 193 Å². The number of piperidine rings is 1. The molecule has 0 amide bonds. The van der Waals surface area contributed by atoms with Crippen molar-refractivity contribution in [3.05, 3.63) is 39.4 Å². The summed E-state index contributed by atoms with van der Waals surface area (Å²) in [4.78, 5) is 11.0. The van der Waals surface area contributed by atoms with E-state index in [4.69, 9.17) is 0 Å². The summed E-state index contributed by atoms with van der Waals surface area (Å²) in [5.74, 6) is 0.942. The fourth-order valence-corrected chi connectivity index (χ4v) is 5.59. The van der Waals surface area contributed by atoms with Crippen LogP contribution in [0, 0.1) is 0 Å². The van der Waals surface area contributed by atoms with Crippen LogP contribution in [0.15, 0.2) is 34.0 Å². The molecule has 0 aliphatic carbocycles. The van der Waals surface area contributed by atoms with Crippen LogP contribution in [0.2, 0.25) is 0 Å². The topological polar surface area (TPSA) is 42.9 Å². The SMILES string of the molecule is CN=C(NCCN1CCc2sccc2C1)NC1CCN(c2cccs2)CC1.I. The van der Waals surface area contributed by atoms with Gasteiger partial charge in [-0.25, -0.2) is 0 Å². The molecule has 0 radical (unpaired) electrons. The number of anilines is 1. The number of halogens is 1. The molecule has 0 saturated carbocycles. The fourth-order valence-electron chi connectivity index (χ4n) is 3.91.